The Balaban J connectivity index is 1.61. The molecule has 1 aromatic heterocycles. The highest BCUT2D eigenvalue weighted by Crippen LogP contribution is 2.25. The first kappa shape index (κ1) is 14.0. The standard InChI is InChI=1S/C16H26N4/c1-13-10-19-7-3-4-16(19)12-20(13)11-15-6-5-14(8-17-2)9-18-15/h5-6,9,13,16-17H,3-4,7-8,10-12H2,1-2H3. The van der Waals surface area contributed by atoms with Crippen molar-refractivity contribution in [3.05, 3.63) is 29.6 Å². The molecular weight excluding hydrogens is 248 g/mol. The van der Waals surface area contributed by atoms with Crippen LogP contribution in [0.3, 0.4) is 0 Å². The Hall–Kier alpha value is -0.970. The van der Waals surface area contributed by atoms with Gasteiger partial charge in [0.1, 0.15) is 0 Å². The lowest BCUT2D eigenvalue weighted by molar-refractivity contribution is 0.0532. The van der Waals surface area contributed by atoms with E-state index in [4.69, 9.17) is 0 Å². The number of hydrogen-bond acceptors (Lipinski definition) is 4. The summed E-state index contributed by atoms with van der Waals surface area (Å²) in [5, 5.41) is 3.16. The fourth-order valence-electron chi connectivity index (χ4n) is 3.53. The van der Waals surface area contributed by atoms with E-state index in [1.54, 1.807) is 0 Å². The SMILES string of the molecule is CNCc1ccc(CN2CC3CCCN3CC2C)nc1. The van der Waals surface area contributed by atoms with Crippen LogP contribution in [0.2, 0.25) is 0 Å². The van der Waals surface area contributed by atoms with Crippen LogP contribution in [0.15, 0.2) is 18.3 Å². The van der Waals surface area contributed by atoms with Crippen molar-refractivity contribution in [1.29, 1.82) is 0 Å². The Labute approximate surface area is 122 Å². The minimum Gasteiger partial charge on any atom is -0.316 e. The van der Waals surface area contributed by atoms with E-state index in [1.807, 2.05) is 13.2 Å². The predicted octanol–water partition coefficient (Wildman–Crippen LogP) is 1.47. The van der Waals surface area contributed by atoms with Crippen molar-refractivity contribution in [2.24, 2.45) is 0 Å². The lowest BCUT2D eigenvalue weighted by Crippen LogP contribution is -2.54. The van der Waals surface area contributed by atoms with Gasteiger partial charge in [0.15, 0.2) is 0 Å². The second-order valence-electron chi connectivity index (χ2n) is 6.26. The lowest BCUT2D eigenvalue weighted by Gasteiger charge is -2.42. The largest absolute Gasteiger partial charge is 0.316 e. The minimum atomic E-state index is 0.642. The van der Waals surface area contributed by atoms with Gasteiger partial charge in [-0.3, -0.25) is 14.8 Å². The van der Waals surface area contributed by atoms with E-state index < -0.39 is 0 Å². The summed E-state index contributed by atoms with van der Waals surface area (Å²) in [6.07, 6.45) is 4.75. The highest BCUT2D eigenvalue weighted by molar-refractivity contribution is 5.14. The van der Waals surface area contributed by atoms with Crippen LogP contribution >= 0.6 is 0 Å². The monoisotopic (exact) mass is 274 g/mol. The van der Waals surface area contributed by atoms with Crippen molar-refractivity contribution < 1.29 is 0 Å². The maximum Gasteiger partial charge on any atom is 0.0544 e. The molecule has 1 aromatic rings. The first-order valence-corrected chi connectivity index (χ1v) is 7.83. The molecule has 0 amide bonds. The summed E-state index contributed by atoms with van der Waals surface area (Å²) in [6, 6.07) is 5.80. The van der Waals surface area contributed by atoms with Gasteiger partial charge in [-0.05, 0) is 45.0 Å². The molecule has 0 spiro atoms. The normalized spacial score (nSPS) is 27.7. The number of aromatic nitrogens is 1. The van der Waals surface area contributed by atoms with Crippen molar-refractivity contribution in [3.63, 3.8) is 0 Å². The molecule has 1 N–H and O–H groups in total. The Kier molecular flexibility index (Phi) is 4.34. The van der Waals surface area contributed by atoms with Crippen molar-refractivity contribution in [3.8, 4) is 0 Å². The molecule has 3 rings (SSSR count). The lowest BCUT2D eigenvalue weighted by atomic mass is 10.1. The van der Waals surface area contributed by atoms with Crippen LogP contribution in [0, 0.1) is 0 Å². The molecule has 0 aromatic carbocycles. The molecule has 2 aliphatic rings. The van der Waals surface area contributed by atoms with Gasteiger partial charge in [-0.1, -0.05) is 6.07 Å². The molecule has 2 fully saturated rings. The van der Waals surface area contributed by atoms with Crippen molar-refractivity contribution >= 4 is 0 Å². The van der Waals surface area contributed by atoms with E-state index in [-0.39, 0.29) is 0 Å². The summed E-state index contributed by atoms with van der Waals surface area (Å²) in [6.45, 7) is 7.98. The first-order valence-electron chi connectivity index (χ1n) is 7.83. The van der Waals surface area contributed by atoms with Crippen molar-refractivity contribution in [2.45, 2.75) is 44.9 Å². The quantitative estimate of drug-likeness (QED) is 0.901. The van der Waals surface area contributed by atoms with E-state index >= 15 is 0 Å². The average Bonchev–Trinajstić information content (AvgIpc) is 2.89. The van der Waals surface area contributed by atoms with Gasteiger partial charge in [0.05, 0.1) is 5.69 Å². The van der Waals surface area contributed by atoms with Gasteiger partial charge in [-0.2, -0.15) is 0 Å². The van der Waals surface area contributed by atoms with Crippen LogP contribution in [0.1, 0.15) is 31.0 Å². The summed E-state index contributed by atoms with van der Waals surface area (Å²) in [7, 11) is 1.97. The van der Waals surface area contributed by atoms with Crippen LogP contribution in [-0.2, 0) is 13.1 Å². The van der Waals surface area contributed by atoms with Gasteiger partial charge < -0.3 is 5.32 Å². The highest BCUT2D eigenvalue weighted by atomic mass is 15.3. The molecule has 0 saturated carbocycles. The number of fused-ring (bicyclic) bond motifs is 1. The van der Waals surface area contributed by atoms with Crippen molar-refractivity contribution in [1.82, 2.24) is 20.1 Å². The van der Waals surface area contributed by atoms with Crippen LogP contribution in [-0.4, -0.2) is 53.5 Å². The van der Waals surface area contributed by atoms with Crippen LogP contribution in [0.5, 0.6) is 0 Å². The first-order chi connectivity index (χ1) is 9.76. The van der Waals surface area contributed by atoms with Gasteiger partial charge in [-0.25, -0.2) is 0 Å². The summed E-state index contributed by atoms with van der Waals surface area (Å²) in [5.41, 5.74) is 2.45. The second-order valence-corrected chi connectivity index (χ2v) is 6.26. The fraction of sp³-hybridized carbons (Fsp3) is 0.688. The Bertz CT molecular complexity index is 431. The number of pyridine rings is 1. The zero-order valence-corrected chi connectivity index (χ0v) is 12.7. The zero-order valence-electron chi connectivity index (χ0n) is 12.7. The average molecular weight is 274 g/mol. The third-order valence-corrected chi connectivity index (χ3v) is 4.70. The number of rotatable bonds is 4. The topological polar surface area (TPSA) is 31.4 Å². The van der Waals surface area contributed by atoms with Gasteiger partial charge >= 0.3 is 0 Å². The molecular formula is C16H26N4. The summed E-state index contributed by atoms with van der Waals surface area (Å²) >= 11 is 0. The number of hydrogen-bond donors (Lipinski definition) is 1. The minimum absolute atomic E-state index is 0.642. The summed E-state index contributed by atoms with van der Waals surface area (Å²) in [4.78, 5) is 9.89. The molecule has 0 aliphatic carbocycles. The number of piperazine rings is 1. The molecule has 2 atom stereocenters. The molecule has 2 aliphatic heterocycles. The Morgan fingerprint density at radius 2 is 2.25 bits per heavy atom. The second kappa shape index (κ2) is 6.20. The van der Waals surface area contributed by atoms with Crippen molar-refractivity contribution in [2.75, 3.05) is 26.7 Å². The maximum absolute atomic E-state index is 4.62. The van der Waals surface area contributed by atoms with Crippen LogP contribution in [0.25, 0.3) is 0 Å². The van der Waals surface area contributed by atoms with E-state index in [2.05, 4.69) is 39.2 Å². The van der Waals surface area contributed by atoms with Gasteiger partial charge in [-0.15, -0.1) is 0 Å². The smallest absolute Gasteiger partial charge is 0.0544 e. The molecule has 110 valence electrons. The molecule has 20 heavy (non-hydrogen) atoms. The van der Waals surface area contributed by atoms with Gasteiger partial charge in [0.2, 0.25) is 0 Å². The van der Waals surface area contributed by atoms with Crippen LogP contribution in [0.4, 0.5) is 0 Å². The molecule has 3 heterocycles. The van der Waals surface area contributed by atoms with Gasteiger partial charge in [0.25, 0.3) is 0 Å². The predicted molar refractivity (Wildman–Crippen MR) is 81.5 cm³/mol. The molecule has 0 radical (unpaired) electrons. The maximum atomic E-state index is 4.62. The van der Waals surface area contributed by atoms with E-state index in [0.29, 0.717) is 6.04 Å². The molecule has 4 heteroatoms. The molecule has 2 unspecified atom stereocenters. The Morgan fingerprint density at radius 3 is 3.00 bits per heavy atom. The number of nitrogens with one attached hydrogen (secondary N) is 1. The van der Waals surface area contributed by atoms with E-state index in [9.17, 15) is 0 Å². The third kappa shape index (κ3) is 3.03. The van der Waals surface area contributed by atoms with Crippen LogP contribution < -0.4 is 5.32 Å². The van der Waals surface area contributed by atoms with E-state index in [0.717, 1.165) is 19.1 Å². The summed E-state index contributed by atoms with van der Waals surface area (Å²) < 4.78 is 0. The summed E-state index contributed by atoms with van der Waals surface area (Å²) in [5.74, 6) is 0. The Morgan fingerprint density at radius 1 is 1.35 bits per heavy atom. The highest BCUT2D eigenvalue weighted by Gasteiger charge is 2.34. The number of nitrogens with zero attached hydrogens (tertiary/aromatic N) is 3. The molecule has 0 bridgehead atoms. The third-order valence-electron chi connectivity index (χ3n) is 4.70. The molecule has 2 saturated heterocycles. The fourth-order valence-corrected chi connectivity index (χ4v) is 3.53. The van der Waals surface area contributed by atoms with E-state index in [1.165, 1.54) is 43.7 Å². The van der Waals surface area contributed by atoms with Gasteiger partial charge in [0, 0.05) is 44.5 Å². The molecule has 4 nitrogen and oxygen atoms in total. The zero-order chi connectivity index (χ0) is 13.9.